The first kappa shape index (κ1) is 10.4. The second-order valence-electron chi connectivity index (χ2n) is 5.31. The molecule has 0 amide bonds. The van der Waals surface area contributed by atoms with Crippen LogP contribution in [0.25, 0.3) is 0 Å². The minimum Gasteiger partial charge on any atom is -0.371 e. The number of hydrogen-bond donors (Lipinski definition) is 2. The Hall–Kier alpha value is -0.120. The van der Waals surface area contributed by atoms with Gasteiger partial charge in [-0.1, -0.05) is 13.8 Å². The molecule has 2 fully saturated rings. The zero-order chi connectivity index (χ0) is 10.2. The fourth-order valence-electron chi connectivity index (χ4n) is 2.43. The molecule has 2 aliphatic heterocycles. The van der Waals surface area contributed by atoms with Crippen molar-refractivity contribution in [2.24, 2.45) is 5.92 Å². The molecule has 0 aliphatic carbocycles. The molecule has 2 N–H and O–H groups in total. The molecule has 2 rings (SSSR count). The number of rotatable bonds is 1. The molecule has 2 aliphatic rings. The Morgan fingerprint density at radius 2 is 2.00 bits per heavy atom. The maximum absolute atomic E-state index is 5.95. The summed E-state index contributed by atoms with van der Waals surface area (Å²) in [6.07, 6.45) is 1.13. The van der Waals surface area contributed by atoms with Crippen LogP contribution in [0.4, 0.5) is 0 Å². The number of ether oxygens (including phenoxy) is 1. The normalized spacial score (nSPS) is 36.9. The van der Waals surface area contributed by atoms with Crippen molar-refractivity contribution in [3.05, 3.63) is 0 Å². The Morgan fingerprint density at radius 3 is 2.50 bits per heavy atom. The van der Waals surface area contributed by atoms with Crippen molar-refractivity contribution in [2.75, 3.05) is 26.2 Å². The molecule has 14 heavy (non-hydrogen) atoms. The molecule has 1 spiro atoms. The van der Waals surface area contributed by atoms with E-state index in [1.165, 1.54) is 0 Å². The molecule has 2 heterocycles. The lowest BCUT2D eigenvalue weighted by molar-refractivity contribution is -0.0847. The lowest BCUT2D eigenvalue weighted by Crippen LogP contribution is -2.64. The van der Waals surface area contributed by atoms with Crippen LogP contribution in [-0.2, 0) is 4.74 Å². The third kappa shape index (κ3) is 1.69. The van der Waals surface area contributed by atoms with E-state index in [1.807, 2.05) is 0 Å². The Morgan fingerprint density at radius 1 is 1.29 bits per heavy atom. The average molecular weight is 198 g/mol. The average Bonchev–Trinajstić information content (AvgIpc) is 2.24. The molecule has 0 aromatic heterocycles. The summed E-state index contributed by atoms with van der Waals surface area (Å²) in [5.41, 5.74) is 0.362. The molecule has 0 bridgehead atoms. The third-order valence-electron chi connectivity index (χ3n) is 3.90. The zero-order valence-corrected chi connectivity index (χ0v) is 9.52. The summed E-state index contributed by atoms with van der Waals surface area (Å²) in [7, 11) is 0. The first-order valence-electron chi connectivity index (χ1n) is 5.66. The second kappa shape index (κ2) is 3.47. The van der Waals surface area contributed by atoms with Crippen molar-refractivity contribution in [3.63, 3.8) is 0 Å². The minimum atomic E-state index is 0.128. The Labute approximate surface area is 86.6 Å². The summed E-state index contributed by atoms with van der Waals surface area (Å²) in [4.78, 5) is 0. The second-order valence-corrected chi connectivity index (χ2v) is 5.31. The van der Waals surface area contributed by atoms with E-state index in [1.54, 1.807) is 0 Å². The highest BCUT2D eigenvalue weighted by Gasteiger charge is 2.46. The van der Waals surface area contributed by atoms with Gasteiger partial charge in [0.15, 0.2) is 0 Å². The molecule has 1 atom stereocenters. The fraction of sp³-hybridized carbons (Fsp3) is 1.00. The van der Waals surface area contributed by atoms with Gasteiger partial charge < -0.3 is 15.4 Å². The van der Waals surface area contributed by atoms with Crippen molar-refractivity contribution < 1.29 is 4.74 Å². The van der Waals surface area contributed by atoms with Crippen LogP contribution in [0.2, 0.25) is 0 Å². The molecule has 0 saturated carbocycles. The van der Waals surface area contributed by atoms with Gasteiger partial charge >= 0.3 is 0 Å². The van der Waals surface area contributed by atoms with Crippen LogP contribution in [-0.4, -0.2) is 37.4 Å². The van der Waals surface area contributed by atoms with E-state index in [0.717, 1.165) is 32.7 Å². The molecular weight excluding hydrogens is 176 g/mol. The van der Waals surface area contributed by atoms with Gasteiger partial charge in [0.2, 0.25) is 0 Å². The van der Waals surface area contributed by atoms with Gasteiger partial charge in [-0.2, -0.15) is 0 Å². The summed E-state index contributed by atoms with van der Waals surface area (Å²) in [6.45, 7) is 10.8. The first-order valence-corrected chi connectivity index (χ1v) is 5.66. The van der Waals surface area contributed by atoms with Gasteiger partial charge in [0.25, 0.3) is 0 Å². The summed E-state index contributed by atoms with van der Waals surface area (Å²) in [6, 6.07) is 0. The molecule has 0 radical (unpaired) electrons. The standard InChI is InChI=1S/C11H22N2O/c1-9(2)10(3)6-11(7-12-8-11)14-5-4-13-10/h9,12-13H,4-8H2,1-3H3. The fourth-order valence-corrected chi connectivity index (χ4v) is 2.43. The van der Waals surface area contributed by atoms with Gasteiger partial charge in [0, 0.05) is 25.2 Å². The number of hydrogen-bond acceptors (Lipinski definition) is 3. The molecule has 3 nitrogen and oxygen atoms in total. The monoisotopic (exact) mass is 198 g/mol. The van der Waals surface area contributed by atoms with E-state index in [0.29, 0.717) is 5.92 Å². The molecule has 82 valence electrons. The predicted molar refractivity (Wildman–Crippen MR) is 57.4 cm³/mol. The van der Waals surface area contributed by atoms with Crippen LogP contribution in [0.3, 0.4) is 0 Å². The molecule has 0 aromatic rings. The first-order chi connectivity index (χ1) is 6.56. The minimum absolute atomic E-state index is 0.128. The topological polar surface area (TPSA) is 33.3 Å². The van der Waals surface area contributed by atoms with Crippen LogP contribution in [0.5, 0.6) is 0 Å². The van der Waals surface area contributed by atoms with Crippen molar-refractivity contribution in [3.8, 4) is 0 Å². The van der Waals surface area contributed by atoms with Crippen molar-refractivity contribution in [1.82, 2.24) is 10.6 Å². The zero-order valence-electron chi connectivity index (χ0n) is 9.52. The van der Waals surface area contributed by atoms with Crippen molar-refractivity contribution >= 4 is 0 Å². The van der Waals surface area contributed by atoms with Gasteiger partial charge in [0.1, 0.15) is 0 Å². The van der Waals surface area contributed by atoms with Gasteiger partial charge in [0.05, 0.1) is 12.2 Å². The lowest BCUT2D eigenvalue weighted by atomic mass is 9.76. The molecule has 2 saturated heterocycles. The van der Waals surface area contributed by atoms with E-state index >= 15 is 0 Å². The maximum Gasteiger partial charge on any atom is 0.0947 e. The SMILES string of the molecule is CC(C)C1(C)CC2(CNC2)OCCN1. The quantitative estimate of drug-likeness (QED) is 0.652. The van der Waals surface area contributed by atoms with Crippen LogP contribution in [0.15, 0.2) is 0 Å². The Balaban J connectivity index is 2.11. The highest BCUT2D eigenvalue weighted by atomic mass is 16.5. The van der Waals surface area contributed by atoms with Crippen LogP contribution >= 0.6 is 0 Å². The van der Waals surface area contributed by atoms with Crippen molar-refractivity contribution in [2.45, 2.75) is 38.3 Å². The van der Waals surface area contributed by atoms with E-state index in [2.05, 4.69) is 31.4 Å². The molecule has 0 aromatic carbocycles. The number of nitrogens with one attached hydrogen (secondary N) is 2. The van der Waals surface area contributed by atoms with Crippen LogP contribution in [0.1, 0.15) is 27.2 Å². The van der Waals surface area contributed by atoms with Gasteiger partial charge in [-0.05, 0) is 19.3 Å². The van der Waals surface area contributed by atoms with E-state index in [9.17, 15) is 0 Å². The van der Waals surface area contributed by atoms with E-state index in [4.69, 9.17) is 4.74 Å². The summed E-state index contributed by atoms with van der Waals surface area (Å²) >= 11 is 0. The lowest BCUT2D eigenvalue weighted by Gasteiger charge is -2.47. The van der Waals surface area contributed by atoms with Crippen LogP contribution < -0.4 is 10.6 Å². The smallest absolute Gasteiger partial charge is 0.0947 e. The largest absolute Gasteiger partial charge is 0.371 e. The van der Waals surface area contributed by atoms with E-state index in [-0.39, 0.29) is 11.1 Å². The van der Waals surface area contributed by atoms with Crippen LogP contribution in [0, 0.1) is 5.92 Å². The van der Waals surface area contributed by atoms with Gasteiger partial charge in [-0.25, -0.2) is 0 Å². The maximum atomic E-state index is 5.95. The third-order valence-corrected chi connectivity index (χ3v) is 3.90. The van der Waals surface area contributed by atoms with E-state index < -0.39 is 0 Å². The van der Waals surface area contributed by atoms with Gasteiger partial charge in [-0.15, -0.1) is 0 Å². The highest BCUT2D eigenvalue weighted by molar-refractivity contribution is 5.04. The summed E-state index contributed by atoms with van der Waals surface area (Å²) in [5, 5.41) is 6.95. The molecule has 1 unspecified atom stereocenters. The van der Waals surface area contributed by atoms with Crippen molar-refractivity contribution in [1.29, 1.82) is 0 Å². The summed E-state index contributed by atoms with van der Waals surface area (Å²) in [5.74, 6) is 0.654. The molecular formula is C11H22N2O. The Kier molecular flexibility index (Phi) is 2.58. The predicted octanol–water partition coefficient (Wildman–Crippen LogP) is 0.753. The Bertz CT molecular complexity index is 213. The van der Waals surface area contributed by atoms with Gasteiger partial charge in [-0.3, -0.25) is 0 Å². The highest BCUT2D eigenvalue weighted by Crippen LogP contribution is 2.33. The summed E-state index contributed by atoms with van der Waals surface area (Å²) < 4.78 is 5.95. The molecule has 3 heteroatoms.